The smallest absolute Gasteiger partial charge is 0.262 e. The number of carbonyl (C=O) groups is 1. The van der Waals surface area contributed by atoms with Gasteiger partial charge in [0.05, 0.1) is 11.5 Å². The minimum absolute atomic E-state index is 0.0454. The Bertz CT molecular complexity index is 1070. The molecule has 2 aromatic carbocycles. The Kier molecular flexibility index (Phi) is 8.02. The summed E-state index contributed by atoms with van der Waals surface area (Å²) in [7, 11) is 0. The van der Waals surface area contributed by atoms with Crippen LogP contribution in [0.5, 0.6) is 11.5 Å². The summed E-state index contributed by atoms with van der Waals surface area (Å²) in [6, 6.07) is 17.8. The molecule has 34 heavy (non-hydrogen) atoms. The molecule has 1 aliphatic heterocycles. The van der Waals surface area contributed by atoms with Crippen LogP contribution in [0.3, 0.4) is 0 Å². The highest BCUT2D eigenvalue weighted by Crippen LogP contribution is 2.42. The van der Waals surface area contributed by atoms with Gasteiger partial charge in [0.2, 0.25) is 0 Å². The largest absolute Gasteiger partial charge is 0.490 e. The molecule has 1 saturated heterocycles. The van der Waals surface area contributed by atoms with E-state index in [1.165, 1.54) is 6.42 Å². The van der Waals surface area contributed by atoms with Gasteiger partial charge in [-0.2, -0.15) is 5.26 Å². The molecule has 1 amide bonds. The van der Waals surface area contributed by atoms with E-state index in [2.05, 4.69) is 17.1 Å². The lowest BCUT2D eigenvalue weighted by atomic mass is 9.85. The van der Waals surface area contributed by atoms with Crippen LogP contribution >= 0.6 is 11.8 Å². The van der Waals surface area contributed by atoms with Crippen LogP contribution in [0, 0.1) is 17.2 Å². The van der Waals surface area contributed by atoms with Crippen molar-refractivity contribution < 1.29 is 14.3 Å². The molecular weight excluding hydrogens is 446 g/mol. The Morgan fingerprint density at radius 1 is 1.15 bits per heavy atom. The van der Waals surface area contributed by atoms with Gasteiger partial charge < -0.3 is 19.7 Å². The maximum atomic E-state index is 13.7. The second-order valence-corrected chi connectivity index (χ2v) is 9.74. The summed E-state index contributed by atoms with van der Waals surface area (Å²) < 4.78 is 11.2. The normalized spacial score (nSPS) is 23.6. The van der Waals surface area contributed by atoms with Gasteiger partial charge in [0.25, 0.3) is 5.91 Å². The number of benzene rings is 2. The molecule has 7 heteroatoms. The molecule has 1 heterocycles. The molecule has 0 bridgehead atoms. The zero-order chi connectivity index (χ0) is 23.9. The highest BCUT2D eigenvalue weighted by atomic mass is 32.2. The molecule has 178 valence electrons. The summed E-state index contributed by atoms with van der Waals surface area (Å²) >= 11 is 1.56. The van der Waals surface area contributed by atoms with Crippen LogP contribution in [0.4, 0.5) is 5.69 Å². The topological polar surface area (TPSA) is 74.6 Å². The van der Waals surface area contributed by atoms with E-state index in [4.69, 9.17) is 14.7 Å². The fourth-order valence-electron chi connectivity index (χ4n) is 4.63. The number of nitrogens with one attached hydrogen (secondary N) is 1. The Morgan fingerprint density at radius 2 is 1.94 bits per heavy atom. The van der Waals surface area contributed by atoms with Gasteiger partial charge in [-0.15, -0.1) is 0 Å². The molecule has 2 fully saturated rings. The van der Waals surface area contributed by atoms with Crippen molar-refractivity contribution in [3.05, 3.63) is 59.0 Å². The van der Waals surface area contributed by atoms with Crippen molar-refractivity contribution in [3.8, 4) is 17.6 Å². The average Bonchev–Trinajstić information content (AvgIpc) is 3.14. The fraction of sp³-hybridized carbons (Fsp3) is 0.407. The van der Waals surface area contributed by atoms with Crippen LogP contribution in [-0.4, -0.2) is 35.6 Å². The van der Waals surface area contributed by atoms with Gasteiger partial charge in [-0.25, -0.2) is 0 Å². The van der Waals surface area contributed by atoms with Gasteiger partial charge in [0.1, 0.15) is 6.07 Å². The summed E-state index contributed by atoms with van der Waals surface area (Å²) in [4.78, 5) is 16.4. The minimum Gasteiger partial charge on any atom is -0.490 e. The number of anilines is 1. The van der Waals surface area contributed by atoms with Gasteiger partial charge in [-0.3, -0.25) is 4.79 Å². The van der Waals surface area contributed by atoms with Gasteiger partial charge in [-0.1, -0.05) is 55.8 Å². The Balaban J connectivity index is 1.63. The summed E-state index contributed by atoms with van der Waals surface area (Å²) in [5.41, 5.74) is 1.71. The number of nitrogens with zero attached hydrogens (tertiary/aromatic N) is 2. The van der Waals surface area contributed by atoms with E-state index in [1.54, 1.807) is 17.8 Å². The number of amides is 1. The Morgan fingerprint density at radius 3 is 2.68 bits per heavy atom. The number of nitriles is 1. The lowest BCUT2D eigenvalue weighted by molar-refractivity contribution is -0.129. The quantitative estimate of drug-likeness (QED) is 0.479. The highest BCUT2D eigenvalue weighted by molar-refractivity contribution is 8.05. The van der Waals surface area contributed by atoms with Crippen LogP contribution in [0.25, 0.3) is 6.08 Å². The number of para-hydroxylation sites is 1. The van der Waals surface area contributed by atoms with Crippen molar-refractivity contribution in [3.63, 3.8) is 0 Å². The number of hydrogen-bond donors (Lipinski definition) is 1. The van der Waals surface area contributed by atoms with E-state index in [0.29, 0.717) is 28.9 Å². The molecule has 1 aliphatic carbocycles. The van der Waals surface area contributed by atoms with Crippen molar-refractivity contribution in [2.24, 2.45) is 5.92 Å². The van der Waals surface area contributed by atoms with Crippen molar-refractivity contribution in [1.29, 1.82) is 5.26 Å². The average molecular weight is 478 g/mol. The monoisotopic (exact) mass is 477 g/mol. The number of hydrogen-bond acceptors (Lipinski definition) is 6. The molecule has 1 saturated carbocycles. The first-order valence-corrected chi connectivity index (χ1v) is 12.8. The third-order valence-corrected chi connectivity index (χ3v) is 7.40. The summed E-state index contributed by atoms with van der Waals surface area (Å²) in [5, 5.41) is 12.4. The molecule has 6 nitrogen and oxygen atoms in total. The van der Waals surface area contributed by atoms with E-state index in [9.17, 15) is 4.79 Å². The molecule has 3 atom stereocenters. The zero-order valence-electron chi connectivity index (χ0n) is 19.7. The molecule has 2 aromatic rings. The third kappa shape index (κ3) is 5.51. The van der Waals surface area contributed by atoms with Gasteiger partial charge in [0, 0.05) is 11.7 Å². The van der Waals surface area contributed by atoms with Crippen LogP contribution in [0.1, 0.15) is 45.1 Å². The molecule has 4 rings (SSSR count). The Labute approximate surface area is 205 Å². The van der Waals surface area contributed by atoms with Gasteiger partial charge in [-0.05, 0) is 61.6 Å². The minimum atomic E-state index is -0.156. The highest BCUT2D eigenvalue weighted by Gasteiger charge is 2.42. The number of ether oxygens (including phenoxy) is 2. The molecule has 1 unspecified atom stereocenters. The van der Waals surface area contributed by atoms with E-state index in [-0.39, 0.29) is 24.1 Å². The lowest BCUT2D eigenvalue weighted by Gasteiger charge is -2.39. The predicted molar refractivity (Wildman–Crippen MR) is 136 cm³/mol. The number of carbonyl (C=O) groups excluding carboxylic acids is 1. The zero-order valence-corrected chi connectivity index (χ0v) is 20.5. The summed E-state index contributed by atoms with van der Waals surface area (Å²) in [6.07, 6.45) is 6.50. The molecular formula is C27H31N3O3S. The Hall–Kier alpha value is -3.11. The third-order valence-electron chi connectivity index (χ3n) is 6.28. The first-order chi connectivity index (χ1) is 16.6. The molecule has 0 aromatic heterocycles. The van der Waals surface area contributed by atoms with Gasteiger partial charge in [0.15, 0.2) is 23.6 Å². The van der Waals surface area contributed by atoms with Crippen molar-refractivity contribution in [2.45, 2.75) is 51.1 Å². The second kappa shape index (κ2) is 11.3. The molecule has 1 N–H and O–H groups in total. The van der Waals surface area contributed by atoms with E-state index < -0.39 is 0 Å². The summed E-state index contributed by atoms with van der Waals surface area (Å²) in [5.74, 6) is 1.63. The first kappa shape index (κ1) is 24.0. The van der Waals surface area contributed by atoms with Crippen LogP contribution in [0.15, 0.2) is 53.4 Å². The molecule has 0 spiro atoms. The van der Waals surface area contributed by atoms with E-state index >= 15 is 0 Å². The van der Waals surface area contributed by atoms with Crippen LogP contribution in [0.2, 0.25) is 0 Å². The molecule has 2 aliphatic rings. The number of rotatable bonds is 8. The fourth-order valence-corrected chi connectivity index (χ4v) is 5.84. The standard InChI is InChI=1S/C27H31N3O3S/c1-3-32-24-17-20(13-14-23(24)33-16-15-28)18-25-26(31)30(22-12-8-7-9-19(22)2)27(34-25)29-21-10-5-4-6-11-21/h4-6,10-11,13-14,17-19,22,27,29H,3,7-9,12,16H2,1-2H3/b25-18-/t19-,22-,27?/m1/s1. The maximum absolute atomic E-state index is 13.7. The van der Waals surface area contributed by atoms with E-state index in [1.807, 2.05) is 61.5 Å². The lowest BCUT2D eigenvalue weighted by Crippen LogP contribution is -2.48. The summed E-state index contributed by atoms with van der Waals surface area (Å²) in [6.45, 7) is 4.60. The second-order valence-electron chi connectivity index (χ2n) is 8.62. The van der Waals surface area contributed by atoms with Gasteiger partial charge >= 0.3 is 0 Å². The van der Waals surface area contributed by atoms with Crippen molar-refractivity contribution >= 4 is 29.4 Å². The number of thioether (sulfide) groups is 1. The molecule has 0 radical (unpaired) electrons. The van der Waals surface area contributed by atoms with E-state index in [0.717, 1.165) is 30.5 Å². The SMILES string of the molecule is CCOc1cc(/C=C2\SC(Nc3ccccc3)N([C@@H]3CCCC[C@H]3C)C2=O)ccc1OCC#N. The first-order valence-electron chi connectivity index (χ1n) is 11.9. The van der Waals surface area contributed by atoms with Crippen LogP contribution < -0.4 is 14.8 Å². The predicted octanol–water partition coefficient (Wildman–Crippen LogP) is 5.88. The van der Waals surface area contributed by atoms with Crippen LogP contribution in [-0.2, 0) is 4.79 Å². The maximum Gasteiger partial charge on any atom is 0.262 e. The van der Waals surface area contributed by atoms with Crippen molar-refractivity contribution in [1.82, 2.24) is 4.90 Å². The van der Waals surface area contributed by atoms with Crippen molar-refractivity contribution in [2.75, 3.05) is 18.5 Å².